The molecule has 2 aromatic rings. The maximum absolute atomic E-state index is 12.9. The molecule has 2 rings (SSSR count). The van der Waals surface area contributed by atoms with Crippen LogP contribution in [0.5, 0.6) is 23.0 Å². The maximum atomic E-state index is 12.9. The molecule has 0 saturated carbocycles. The van der Waals surface area contributed by atoms with E-state index in [1.165, 1.54) is 39.3 Å². The van der Waals surface area contributed by atoms with Crippen LogP contribution in [0.1, 0.15) is 20.8 Å². The number of ether oxygens (including phenoxy) is 4. The van der Waals surface area contributed by atoms with E-state index in [9.17, 15) is 9.59 Å². The zero-order valence-corrected chi connectivity index (χ0v) is 20.4. The van der Waals surface area contributed by atoms with Crippen molar-refractivity contribution in [2.75, 3.05) is 32.8 Å². The molecule has 0 saturated heterocycles. The van der Waals surface area contributed by atoms with Gasteiger partial charge in [-0.2, -0.15) is 10.2 Å². The largest absolute Gasteiger partial charge is 0.491 e. The first kappa shape index (κ1) is 26.2. The van der Waals surface area contributed by atoms with Crippen LogP contribution in [0.3, 0.4) is 0 Å². The quantitative estimate of drug-likeness (QED) is 0.324. The predicted molar refractivity (Wildman–Crippen MR) is 126 cm³/mol. The summed E-state index contributed by atoms with van der Waals surface area (Å²) >= 11 is 12.3. The molecule has 0 aliphatic carbocycles. The van der Waals surface area contributed by atoms with Gasteiger partial charge >= 0.3 is 0 Å². The molecule has 0 spiro atoms. The van der Waals surface area contributed by atoms with Gasteiger partial charge in [-0.1, -0.05) is 23.2 Å². The Bertz CT molecular complexity index is 1050. The highest BCUT2D eigenvalue weighted by Crippen LogP contribution is 2.42. The molecule has 178 valence electrons. The number of hydrogen-bond acceptors (Lipinski definition) is 8. The van der Waals surface area contributed by atoms with E-state index < -0.39 is 17.7 Å². The molecule has 1 unspecified atom stereocenters. The van der Waals surface area contributed by atoms with Crippen molar-refractivity contribution in [1.82, 2.24) is 0 Å². The molecule has 0 aliphatic heterocycles. The highest BCUT2D eigenvalue weighted by Gasteiger charge is 2.26. The number of rotatable bonds is 11. The number of nitrogens with one attached hydrogen (secondary N) is 1. The van der Waals surface area contributed by atoms with Crippen molar-refractivity contribution in [3.05, 3.63) is 34.3 Å². The van der Waals surface area contributed by atoms with Crippen molar-refractivity contribution in [2.45, 2.75) is 26.8 Å². The number of carbonyl (C=O) groups excluding carboxylic acids is 2. The Morgan fingerprint density at radius 3 is 2.24 bits per heavy atom. The van der Waals surface area contributed by atoms with Gasteiger partial charge in [0, 0.05) is 11.1 Å². The number of hydrogen-bond donors (Lipinski definition) is 1. The van der Waals surface area contributed by atoms with Crippen molar-refractivity contribution in [3.63, 3.8) is 0 Å². The Morgan fingerprint density at radius 2 is 1.67 bits per heavy atom. The third kappa shape index (κ3) is 6.49. The third-order valence-corrected chi connectivity index (χ3v) is 4.75. The molecule has 33 heavy (non-hydrogen) atoms. The molecule has 1 amide bonds. The van der Waals surface area contributed by atoms with Crippen LogP contribution >= 0.6 is 23.2 Å². The summed E-state index contributed by atoms with van der Waals surface area (Å²) in [5.74, 6) is -0.131. The highest BCUT2D eigenvalue weighted by molar-refractivity contribution is 6.32. The van der Waals surface area contributed by atoms with Crippen molar-refractivity contribution in [2.24, 2.45) is 10.2 Å². The summed E-state index contributed by atoms with van der Waals surface area (Å²) < 4.78 is 21.7. The summed E-state index contributed by atoms with van der Waals surface area (Å²) in [4.78, 5) is 25.1. The molecule has 0 fully saturated rings. The molecule has 0 aliphatic rings. The van der Waals surface area contributed by atoms with E-state index >= 15 is 0 Å². The van der Waals surface area contributed by atoms with E-state index in [0.717, 1.165) is 0 Å². The van der Waals surface area contributed by atoms with Gasteiger partial charge in [-0.15, -0.1) is 0 Å². The molecule has 9 nitrogen and oxygen atoms in total. The average molecular weight is 498 g/mol. The van der Waals surface area contributed by atoms with Crippen LogP contribution < -0.4 is 24.3 Å². The zero-order chi connectivity index (χ0) is 24.5. The molecule has 1 N–H and O–H groups in total. The number of ketones is 1. The second kappa shape index (κ2) is 12.3. The lowest BCUT2D eigenvalue weighted by Crippen LogP contribution is -2.32. The fourth-order valence-corrected chi connectivity index (χ4v) is 3.29. The fourth-order valence-electron chi connectivity index (χ4n) is 2.85. The minimum atomic E-state index is -1.44. The number of anilines is 1. The fraction of sp³-hybridized carbons (Fsp3) is 0.364. The van der Waals surface area contributed by atoms with Crippen LogP contribution in [0.2, 0.25) is 10.0 Å². The number of methoxy groups -OCH3 is 2. The third-order valence-electron chi connectivity index (χ3n) is 4.23. The summed E-state index contributed by atoms with van der Waals surface area (Å²) in [6, 6.07) is 4.69. The van der Waals surface area contributed by atoms with Crippen LogP contribution in [0.4, 0.5) is 11.4 Å². The molecular formula is C22H25Cl2N3O6. The highest BCUT2D eigenvalue weighted by atomic mass is 35.5. The molecule has 0 heterocycles. The summed E-state index contributed by atoms with van der Waals surface area (Å²) in [6.07, 6.45) is 0. The Morgan fingerprint density at radius 1 is 1.00 bits per heavy atom. The number of benzene rings is 2. The van der Waals surface area contributed by atoms with Gasteiger partial charge in [-0.25, -0.2) is 0 Å². The number of nitrogens with zero attached hydrogens (tertiary/aromatic N) is 2. The topological polar surface area (TPSA) is 108 Å². The zero-order valence-electron chi connectivity index (χ0n) is 18.9. The number of azo groups is 1. The van der Waals surface area contributed by atoms with Gasteiger partial charge in [-0.05, 0) is 39.0 Å². The van der Waals surface area contributed by atoms with Crippen LogP contribution in [0.25, 0.3) is 0 Å². The second-order valence-electron chi connectivity index (χ2n) is 6.50. The smallest absolute Gasteiger partial charge is 0.258 e. The van der Waals surface area contributed by atoms with Crippen molar-refractivity contribution in [1.29, 1.82) is 0 Å². The van der Waals surface area contributed by atoms with Crippen molar-refractivity contribution >= 4 is 46.3 Å². The lowest BCUT2D eigenvalue weighted by molar-refractivity contribution is -0.126. The number of carbonyl (C=O) groups is 2. The van der Waals surface area contributed by atoms with E-state index in [2.05, 4.69) is 15.5 Å². The number of Topliss-reactive ketones (excluding diaryl/α,β-unsaturated/α-hetero) is 1. The Labute approximate surface area is 202 Å². The Balaban J connectivity index is 2.39. The molecule has 11 heteroatoms. The first-order valence-electron chi connectivity index (χ1n) is 9.99. The van der Waals surface area contributed by atoms with E-state index in [4.69, 9.17) is 42.1 Å². The molecular weight excluding hydrogens is 473 g/mol. The first-order valence-corrected chi connectivity index (χ1v) is 10.7. The monoisotopic (exact) mass is 497 g/mol. The van der Waals surface area contributed by atoms with E-state index in [1.54, 1.807) is 19.9 Å². The number of halogens is 2. The first-order chi connectivity index (χ1) is 15.8. The Kier molecular flexibility index (Phi) is 9.74. The minimum absolute atomic E-state index is 0.214. The van der Waals surface area contributed by atoms with Gasteiger partial charge in [0.15, 0.2) is 28.8 Å². The standard InChI is InChI=1S/C22H25Cl2N3O6/c1-6-32-17-11-13(23)10-16(20(17)33-7-2)25-22(29)18(12(3)28)27-26-15-9-8-14(24)19(30-4)21(15)31-5/h8-11,18H,6-7H2,1-5H3,(H,25,29). The van der Waals surface area contributed by atoms with Gasteiger partial charge in [0.1, 0.15) is 5.69 Å². The van der Waals surface area contributed by atoms with E-state index in [1.807, 2.05) is 0 Å². The van der Waals surface area contributed by atoms with Gasteiger partial charge in [-0.3, -0.25) is 9.59 Å². The van der Waals surface area contributed by atoms with Crippen LogP contribution in [0.15, 0.2) is 34.5 Å². The van der Waals surface area contributed by atoms with Crippen LogP contribution in [0, 0.1) is 0 Å². The molecule has 1 atom stereocenters. The summed E-state index contributed by atoms with van der Waals surface area (Å²) in [5.41, 5.74) is 0.471. The molecule has 0 radical (unpaired) electrons. The molecule has 0 aromatic heterocycles. The van der Waals surface area contributed by atoms with Crippen LogP contribution in [-0.4, -0.2) is 45.2 Å². The van der Waals surface area contributed by atoms with Crippen molar-refractivity contribution < 1.29 is 28.5 Å². The van der Waals surface area contributed by atoms with E-state index in [0.29, 0.717) is 34.8 Å². The van der Waals surface area contributed by atoms with Crippen molar-refractivity contribution in [3.8, 4) is 23.0 Å². The summed E-state index contributed by atoms with van der Waals surface area (Å²) in [7, 11) is 2.83. The molecule has 0 bridgehead atoms. The Hall–Kier alpha value is -3.04. The SMILES string of the molecule is CCOc1cc(Cl)cc(NC(=O)C(N=Nc2ccc(Cl)c(OC)c2OC)C(C)=O)c1OCC. The lowest BCUT2D eigenvalue weighted by Gasteiger charge is -2.17. The van der Waals surface area contributed by atoms with Gasteiger partial charge in [0.05, 0.1) is 38.1 Å². The van der Waals surface area contributed by atoms with E-state index in [-0.39, 0.29) is 22.9 Å². The lowest BCUT2D eigenvalue weighted by atomic mass is 10.2. The summed E-state index contributed by atoms with van der Waals surface area (Å²) in [6.45, 7) is 5.51. The molecule has 2 aromatic carbocycles. The van der Waals surface area contributed by atoms with Gasteiger partial charge in [0.2, 0.25) is 6.04 Å². The minimum Gasteiger partial charge on any atom is -0.491 e. The van der Waals surface area contributed by atoms with Crippen LogP contribution in [-0.2, 0) is 9.59 Å². The predicted octanol–water partition coefficient (Wildman–Crippen LogP) is 5.49. The maximum Gasteiger partial charge on any atom is 0.258 e. The van der Waals surface area contributed by atoms with Gasteiger partial charge < -0.3 is 24.3 Å². The summed E-state index contributed by atoms with van der Waals surface area (Å²) in [5, 5.41) is 11.2. The van der Waals surface area contributed by atoms with Gasteiger partial charge in [0.25, 0.3) is 5.91 Å². The average Bonchev–Trinajstić information content (AvgIpc) is 2.76. The normalized spacial score (nSPS) is 11.7. The second-order valence-corrected chi connectivity index (χ2v) is 7.34. The number of amides is 1.